The Bertz CT molecular complexity index is 365. The molecule has 0 heterocycles. The average molecular weight is 223 g/mol. The zero-order valence-electron chi connectivity index (χ0n) is 8.65. The number of hydrazone groups is 1. The van der Waals surface area contributed by atoms with Gasteiger partial charge in [0.2, 0.25) is 0 Å². The van der Waals surface area contributed by atoms with E-state index < -0.39 is 0 Å². The molecule has 0 aliphatic carbocycles. The van der Waals surface area contributed by atoms with E-state index in [1.165, 1.54) is 0 Å². The summed E-state index contributed by atoms with van der Waals surface area (Å²) in [6, 6.07) is 7.59. The summed E-state index contributed by atoms with van der Waals surface area (Å²) < 4.78 is 5.08. The van der Waals surface area contributed by atoms with Crippen LogP contribution in [0.3, 0.4) is 0 Å². The van der Waals surface area contributed by atoms with Gasteiger partial charge < -0.3 is 10.1 Å². The van der Waals surface area contributed by atoms with Gasteiger partial charge in [-0.1, -0.05) is 12.1 Å². The molecule has 0 radical (unpaired) electrons. The Balaban J connectivity index is 2.59. The Hall–Kier alpha value is -1.62. The maximum absolute atomic E-state index is 5.08. The summed E-state index contributed by atoms with van der Waals surface area (Å²) in [7, 11) is 3.36. The topological polar surface area (TPSA) is 45.7 Å². The van der Waals surface area contributed by atoms with Crippen molar-refractivity contribution in [2.24, 2.45) is 5.10 Å². The van der Waals surface area contributed by atoms with Gasteiger partial charge in [-0.2, -0.15) is 5.10 Å². The molecular weight excluding hydrogens is 210 g/mol. The first-order valence-corrected chi connectivity index (χ1v) is 4.82. The van der Waals surface area contributed by atoms with E-state index in [0.717, 1.165) is 11.3 Å². The number of methoxy groups -OCH3 is 1. The number of hydrogen-bond donors (Lipinski definition) is 2. The van der Waals surface area contributed by atoms with Crippen molar-refractivity contribution >= 4 is 23.5 Å². The highest BCUT2D eigenvalue weighted by Gasteiger charge is 1.92. The standard InChI is InChI=1S/C10H13N3OS/c1-11-10(15)13-12-7-8-4-3-5-9(6-8)14-2/h3-7H,1-2H3,(H2,11,13,15)/b12-7+. The van der Waals surface area contributed by atoms with Crippen molar-refractivity contribution in [1.29, 1.82) is 0 Å². The highest BCUT2D eigenvalue weighted by molar-refractivity contribution is 7.80. The number of thiocarbonyl (C=S) groups is 1. The van der Waals surface area contributed by atoms with Gasteiger partial charge >= 0.3 is 0 Å². The minimum absolute atomic E-state index is 0.481. The molecule has 0 unspecified atom stereocenters. The number of benzene rings is 1. The molecule has 0 bridgehead atoms. The summed E-state index contributed by atoms with van der Waals surface area (Å²) in [5.41, 5.74) is 3.61. The van der Waals surface area contributed by atoms with E-state index in [1.807, 2.05) is 24.3 Å². The minimum atomic E-state index is 0.481. The van der Waals surface area contributed by atoms with E-state index in [1.54, 1.807) is 20.4 Å². The Morgan fingerprint density at radius 3 is 3.00 bits per heavy atom. The lowest BCUT2D eigenvalue weighted by Crippen LogP contribution is -2.28. The fourth-order valence-corrected chi connectivity index (χ4v) is 0.996. The predicted molar refractivity (Wildman–Crippen MR) is 65.4 cm³/mol. The van der Waals surface area contributed by atoms with Crippen molar-refractivity contribution in [2.45, 2.75) is 0 Å². The predicted octanol–water partition coefficient (Wildman–Crippen LogP) is 1.12. The van der Waals surface area contributed by atoms with Crippen LogP contribution >= 0.6 is 12.2 Å². The number of ether oxygens (including phenoxy) is 1. The number of rotatable bonds is 3. The molecule has 5 heteroatoms. The zero-order valence-corrected chi connectivity index (χ0v) is 9.47. The van der Waals surface area contributed by atoms with Gasteiger partial charge in [0.25, 0.3) is 0 Å². The van der Waals surface area contributed by atoms with Gasteiger partial charge in [-0.3, -0.25) is 5.43 Å². The maximum Gasteiger partial charge on any atom is 0.186 e. The van der Waals surface area contributed by atoms with Crippen molar-refractivity contribution in [3.05, 3.63) is 29.8 Å². The third kappa shape index (κ3) is 3.95. The Morgan fingerprint density at radius 1 is 1.53 bits per heavy atom. The second-order valence-electron chi connectivity index (χ2n) is 2.73. The SMILES string of the molecule is CNC(=S)N/N=C/c1cccc(OC)c1. The van der Waals surface area contributed by atoms with Crippen molar-refractivity contribution in [1.82, 2.24) is 10.7 Å². The molecule has 15 heavy (non-hydrogen) atoms. The van der Waals surface area contributed by atoms with Crippen LogP contribution in [-0.4, -0.2) is 25.5 Å². The fourth-order valence-electron chi connectivity index (χ4n) is 0.943. The van der Waals surface area contributed by atoms with Crippen molar-refractivity contribution in [3.8, 4) is 5.75 Å². The van der Waals surface area contributed by atoms with Crippen molar-refractivity contribution in [3.63, 3.8) is 0 Å². The highest BCUT2D eigenvalue weighted by Crippen LogP contribution is 2.10. The summed E-state index contributed by atoms with van der Waals surface area (Å²) in [5, 5.41) is 7.19. The lowest BCUT2D eigenvalue weighted by Gasteiger charge is -2.01. The molecule has 4 nitrogen and oxygen atoms in total. The van der Waals surface area contributed by atoms with Gasteiger partial charge in [0.15, 0.2) is 5.11 Å². The quantitative estimate of drug-likeness (QED) is 0.458. The molecule has 0 fully saturated rings. The maximum atomic E-state index is 5.08. The minimum Gasteiger partial charge on any atom is -0.497 e. The molecule has 2 N–H and O–H groups in total. The van der Waals surface area contributed by atoms with Crippen LogP contribution in [0.15, 0.2) is 29.4 Å². The van der Waals surface area contributed by atoms with Gasteiger partial charge in [0.1, 0.15) is 5.75 Å². The van der Waals surface area contributed by atoms with E-state index >= 15 is 0 Å². The highest BCUT2D eigenvalue weighted by atomic mass is 32.1. The molecule has 0 spiro atoms. The molecule has 0 aromatic heterocycles. The second kappa shape index (κ2) is 5.98. The Kier molecular flexibility index (Phi) is 4.56. The molecule has 0 atom stereocenters. The first-order valence-electron chi connectivity index (χ1n) is 4.41. The van der Waals surface area contributed by atoms with Gasteiger partial charge in [-0.05, 0) is 29.9 Å². The molecular formula is C10H13N3OS. The van der Waals surface area contributed by atoms with E-state index in [4.69, 9.17) is 17.0 Å². The number of nitrogens with one attached hydrogen (secondary N) is 2. The molecule has 1 aromatic rings. The van der Waals surface area contributed by atoms with E-state index in [-0.39, 0.29) is 0 Å². The van der Waals surface area contributed by atoms with Crippen LogP contribution in [-0.2, 0) is 0 Å². The lowest BCUT2D eigenvalue weighted by atomic mass is 10.2. The summed E-state index contributed by atoms with van der Waals surface area (Å²) in [6.07, 6.45) is 1.67. The smallest absolute Gasteiger partial charge is 0.186 e. The van der Waals surface area contributed by atoms with Crippen molar-refractivity contribution < 1.29 is 4.74 Å². The van der Waals surface area contributed by atoms with Crippen LogP contribution in [0.2, 0.25) is 0 Å². The summed E-state index contributed by atoms with van der Waals surface area (Å²) in [5.74, 6) is 0.801. The Morgan fingerprint density at radius 2 is 2.33 bits per heavy atom. The monoisotopic (exact) mass is 223 g/mol. The Labute approximate surface area is 94.3 Å². The van der Waals surface area contributed by atoms with E-state index in [0.29, 0.717) is 5.11 Å². The molecule has 1 aromatic carbocycles. The third-order valence-electron chi connectivity index (χ3n) is 1.70. The summed E-state index contributed by atoms with van der Waals surface area (Å²) in [6.45, 7) is 0. The largest absolute Gasteiger partial charge is 0.497 e. The summed E-state index contributed by atoms with van der Waals surface area (Å²) >= 11 is 4.86. The molecule has 0 saturated heterocycles. The molecule has 1 rings (SSSR count). The first kappa shape index (κ1) is 11.5. The zero-order chi connectivity index (χ0) is 11.1. The van der Waals surface area contributed by atoms with Gasteiger partial charge in [-0.25, -0.2) is 0 Å². The van der Waals surface area contributed by atoms with Crippen LogP contribution in [0.1, 0.15) is 5.56 Å². The average Bonchev–Trinajstić information content (AvgIpc) is 2.29. The molecule has 80 valence electrons. The molecule has 0 aliphatic heterocycles. The van der Waals surface area contributed by atoms with Gasteiger partial charge in [0, 0.05) is 7.05 Å². The van der Waals surface area contributed by atoms with Gasteiger partial charge in [0.05, 0.1) is 13.3 Å². The van der Waals surface area contributed by atoms with E-state index in [9.17, 15) is 0 Å². The molecule has 0 amide bonds. The lowest BCUT2D eigenvalue weighted by molar-refractivity contribution is 0.415. The van der Waals surface area contributed by atoms with Crippen LogP contribution in [0.4, 0.5) is 0 Å². The number of nitrogens with zero attached hydrogens (tertiary/aromatic N) is 1. The molecule has 0 aliphatic rings. The van der Waals surface area contributed by atoms with Crippen molar-refractivity contribution in [2.75, 3.05) is 14.2 Å². The van der Waals surface area contributed by atoms with Crippen LogP contribution in [0, 0.1) is 0 Å². The first-order chi connectivity index (χ1) is 7.26. The van der Waals surface area contributed by atoms with Gasteiger partial charge in [-0.15, -0.1) is 0 Å². The molecule has 0 saturated carbocycles. The van der Waals surface area contributed by atoms with Crippen LogP contribution in [0.5, 0.6) is 5.75 Å². The summed E-state index contributed by atoms with van der Waals surface area (Å²) in [4.78, 5) is 0. The number of hydrogen-bond acceptors (Lipinski definition) is 3. The second-order valence-corrected chi connectivity index (χ2v) is 3.13. The fraction of sp³-hybridized carbons (Fsp3) is 0.200. The normalized spacial score (nSPS) is 10.0. The van der Waals surface area contributed by atoms with Crippen LogP contribution in [0.25, 0.3) is 0 Å². The van der Waals surface area contributed by atoms with Crippen LogP contribution < -0.4 is 15.5 Å². The third-order valence-corrected chi connectivity index (χ3v) is 2.00. The van der Waals surface area contributed by atoms with E-state index in [2.05, 4.69) is 15.8 Å².